The van der Waals surface area contributed by atoms with Crippen molar-refractivity contribution >= 4 is 10.0 Å². The topological polar surface area (TPSA) is 58.2 Å². The average molecular weight is 270 g/mol. The molecule has 0 bridgehead atoms. The van der Waals surface area contributed by atoms with Gasteiger partial charge in [-0.15, -0.1) is 0 Å². The summed E-state index contributed by atoms with van der Waals surface area (Å²) in [5.74, 6) is 0. The average Bonchev–Trinajstić information content (AvgIpc) is 2.35. The standard InChI is InChI=1S/C13H22N2O2S/c1-3-14-11-5-6-12-7-9-13(10-8-12)18(16,17)15-4-2/h7-10,14-15H,3-6,11H2,1-2H3. The zero-order chi connectivity index (χ0) is 13.4. The van der Waals surface area contributed by atoms with E-state index < -0.39 is 10.0 Å². The lowest BCUT2D eigenvalue weighted by molar-refractivity contribution is 0.584. The van der Waals surface area contributed by atoms with Gasteiger partial charge in [-0.05, 0) is 43.6 Å². The lowest BCUT2D eigenvalue weighted by Gasteiger charge is -2.06. The van der Waals surface area contributed by atoms with E-state index >= 15 is 0 Å². The second-order valence-electron chi connectivity index (χ2n) is 4.10. The smallest absolute Gasteiger partial charge is 0.240 e. The molecule has 0 spiro atoms. The third kappa shape index (κ3) is 4.76. The van der Waals surface area contributed by atoms with E-state index in [1.165, 1.54) is 5.56 Å². The van der Waals surface area contributed by atoms with Crippen LogP contribution in [0.15, 0.2) is 29.2 Å². The Bertz CT molecular complexity index is 441. The van der Waals surface area contributed by atoms with Crippen LogP contribution in [0.25, 0.3) is 0 Å². The molecule has 0 aliphatic carbocycles. The molecule has 0 heterocycles. The molecule has 0 aliphatic heterocycles. The van der Waals surface area contributed by atoms with Gasteiger partial charge >= 0.3 is 0 Å². The van der Waals surface area contributed by atoms with Crippen molar-refractivity contribution in [3.8, 4) is 0 Å². The predicted molar refractivity (Wildman–Crippen MR) is 74.2 cm³/mol. The lowest BCUT2D eigenvalue weighted by Crippen LogP contribution is -2.23. The van der Waals surface area contributed by atoms with Crippen LogP contribution in [0.2, 0.25) is 0 Å². The lowest BCUT2D eigenvalue weighted by atomic mass is 10.1. The molecule has 1 aromatic carbocycles. The number of sulfonamides is 1. The van der Waals surface area contributed by atoms with Gasteiger partial charge in [0.15, 0.2) is 0 Å². The molecule has 0 saturated carbocycles. The number of hydrogen-bond acceptors (Lipinski definition) is 3. The number of rotatable bonds is 8. The molecule has 0 unspecified atom stereocenters. The Balaban J connectivity index is 2.57. The van der Waals surface area contributed by atoms with Gasteiger partial charge in [0.25, 0.3) is 0 Å². The normalized spacial score (nSPS) is 11.7. The SMILES string of the molecule is CCNCCCc1ccc(S(=O)(=O)NCC)cc1. The summed E-state index contributed by atoms with van der Waals surface area (Å²) >= 11 is 0. The van der Waals surface area contributed by atoms with Gasteiger partial charge in [0.05, 0.1) is 4.90 Å². The fourth-order valence-electron chi connectivity index (χ4n) is 1.70. The van der Waals surface area contributed by atoms with Crippen molar-refractivity contribution in [3.05, 3.63) is 29.8 Å². The Labute approximate surface area is 110 Å². The fourth-order valence-corrected chi connectivity index (χ4v) is 2.74. The van der Waals surface area contributed by atoms with Crippen LogP contribution in [0.4, 0.5) is 0 Å². The van der Waals surface area contributed by atoms with Crippen LogP contribution in [0.3, 0.4) is 0 Å². The number of aryl methyl sites for hydroxylation is 1. The monoisotopic (exact) mass is 270 g/mol. The van der Waals surface area contributed by atoms with Crippen molar-refractivity contribution in [2.45, 2.75) is 31.6 Å². The maximum Gasteiger partial charge on any atom is 0.240 e. The van der Waals surface area contributed by atoms with Gasteiger partial charge in [0.2, 0.25) is 10.0 Å². The Morgan fingerprint density at radius 2 is 1.72 bits per heavy atom. The molecule has 1 rings (SSSR count). The van der Waals surface area contributed by atoms with E-state index in [9.17, 15) is 8.42 Å². The summed E-state index contributed by atoms with van der Waals surface area (Å²) in [4.78, 5) is 0.333. The number of benzene rings is 1. The molecule has 0 amide bonds. The molecule has 0 aromatic heterocycles. The summed E-state index contributed by atoms with van der Waals surface area (Å²) < 4.78 is 25.9. The zero-order valence-electron chi connectivity index (χ0n) is 11.1. The molecule has 1 aromatic rings. The molecule has 2 N–H and O–H groups in total. The maximum atomic E-state index is 11.7. The molecular formula is C13H22N2O2S. The minimum absolute atomic E-state index is 0.333. The Morgan fingerprint density at radius 3 is 2.28 bits per heavy atom. The molecule has 0 fully saturated rings. The maximum absolute atomic E-state index is 11.7. The van der Waals surface area contributed by atoms with Gasteiger partial charge in [-0.2, -0.15) is 0 Å². The van der Waals surface area contributed by atoms with Crippen LogP contribution in [0, 0.1) is 0 Å². The molecular weight excluding hydrogens is 248 g/mol. The van der Waals surface area contributed by atoms with Gasteiger partial charge in [-0.25, -0.2) is 13.1 Å². The van der Waals surface area contributed by atoms with E-state index in [-0.39, 0.29) is 0 Å². The van der Waals surface area contributed by atoms with Crippen LogP contribution in [0.1, 0.15) is 25.8 Å². The molecule has 18 heavy (non-hydrogen) atoms. The quantitative estimate of drug-likeness (QED) is 0.704. The zero-order valence-corrected chi connectivity index (χ0v) is 11.9. The van der Waals surface area contributed by atoms with E-state index in [4.69, 9.17) is 0 Å². The second-order valence-corrected chi connectivity index (χ2v) is 5.87. The highest BCUT2D eigenvalue weighted by Crippen LogP contribution is 2.11. The predicted octanol–water partition coefficient (Wildman–Crippen LogP) is 1.53. The van der Waals surface area contributed by atoms with Crippen molar-refractivity contribution in [2.75, 3.05) is 19.6 Å². The summed E-state index contributed by atoms with van der Waals surface area (Å²) in [7, 11) is -3.32. The Kier molecular flexibility index (Phi) is 6.32. The third-order valence-corrected chi connectivity index (χ3v) is 4.20. The number of nitrogens with one attached hydrogen (secondary N) is 2. The first kappa shape index (κ1) is 15.1. The summed E-state index contributed by atoms with van der Waals surface area (Å²) in [6, 6.07) is 7.10. The molecule has 0 saturated heterocycles. The second kappa shape index (κ2) is 7.51. The van der Waals surface area contributed by atoms with Crippen molar-refractivity contribution in [1.29, 1.82) is 0 Å². The first-order chi connectivity index (χ1) is 8.60. The van der Waals surface area contributed by atoms with E-state index in [0.717, 1.165) is 25.9 Å². The van der Waals surface area contributed by atoms with Gasteiger partial charge in [-0.1, -0.05) is 26.0 Å². The van der Waals surface area contributed by atoms with Crippen LogP contribution < -0.4 is 10.0 Å². The van der Waals surface area contributed by atoms with Crippen LogP contribution >= 0.6 is 0 Å². The summed E-state index contributed by atoms with van der Waals surface area (Å²) in [6.07, 6.45) is 2.03. The van der Waals surface area contributed by atoms with E-state index in [2.05, 4.69) is 17.0 Å². The van der Waals surface area contributed by atoms with Crippen molar-refractivity contribution in [3.63, 3.8) is 0 Å². The van der Waals surface area contributed by atoms with Gasteiger partial charge in [-0.3, -0.25) is 0 Å². The molecule has 5 heteroatoms. The van der Waals surface area contributed by atoms with Crippen molar-refractivity contribution in [1.82, 2.24) is 10.0 Å². The van der Waals surface area contributed by atoms with E-state index in [0.29, 0.717) is 11.4 Å². The molecule has 4 nitrogen and oxygen atoms in total. The fraction of sp³-hybridized carbons (Fsp3) is 0.538. The summed E-state index contributed by atoms with van der Waals surface area (Å²) in [5.41, 5.74) is 1.17. The Hall–Kier alpha value is -0.910. The highest BCUT2D eigenvalue weighted by Gasteiger charge is 2.11. The van der Waals surface area contributed by atoms with Crippen LogP contribution in [0.5, 0.6) is 0 Å². The van der Waals surface area contributed by atoms with Crippen molar-refractivity contribution in [2.24, 2.45) is 0 Å². The molecule has 0 atom stereocenters. The largest absolute Gasteiger partial charge is 0.317 e. The minimum atomic E-state index is -3.32. The first-order valence-corrected chi connectivity index (χ1v) is 7.87. The number of hydrogen-bond donors (Lipinski definition) is 2. The molecule has 0 aliphatic rings. The Morgan fingerprint density at radius 1 is 1.06 bits per heavy atom. The van der Waals surface area contributed by atoms with Crippen molar-refractivity contribution < 1.29 is 8.42 Å². The van der Waals surface area contributed by atoms with Crippen LogP contribution in [-0.4, -0.2) is 28.1 Å². The van der Waals surface area contributed by atoms with Gasteiger partial charge in [0, 0.05) is 6.54 Å². The van der Waals surface area contributed by atoms with E-state index in [1.54, 1.807) is 19.1 Å². The van der Waals surface area contributed by atoms with E-state index in [1.807, 2.05) is 12.1 Å². The highest BCUT2D eigenvalue weighted by molar-refractivity contribution is 7.89. The highest BCUT2D eigenvalue weighted by atomic mass is 32.2. The summed E-state index contributed by atoms with van der Waals surface area (Å²) in [6.45, 7) is 6.24. The van der Waals surface area contributed by atoms with Gasteiger partial charge < -0.3 is 5.32 Å². The first-order valence-electron chi connectivity index (χ1n) is 6.39. The minimum Gasteiger partial charge on any atom is -0.317 e. The van der Waals surface area contributed by atoms with Gasteiger partial charge in [0.1, 0.15) is 0 Å². The molecule has 0 radical (unpaired) electrons. The third-order valence-electron chi connectivity index (χ3n) is 2.64. The summed E-state index contributed by atoms with van der Waals surface area (Å²) in [5, 5.41) is 3.26. The molecule has 102 valence electrons. The van der Waals surface area contributed by atoms with Crippen LogP contribution in [-0.2, 0) is 16.4 Å².